The molecule has 0 saturated carbocycles. The fourth-order valence-electron chi connectivity index (χ4n) is 0.755. The zero-order valence-electron chi connectivity index (χ0n) is 7.36. The van der Waals surface area contributed by atoms with E-state index in [0.29, 0.717) is 0 Å². The van der Waals surface area contributed by atoms with E-state index >= 15 is 0 Å². The summed E-state index contributed by atoms with van der Waals surface area (Å²) < 4.78 is 9.26. The van der Waals surface area contributed by atoms with Crippen LogP contribution < -0.4 is 10.5 Å². The third kappa shape index (κ3) is 2.46. The molecule has 0 fully saturated rings. The second kappa shape index (κ2) is 4.61. The van der Waals surface area contributed by atoms with E-state index in [-0.39, 0.29) is 23.6 Å². The van der Waals surface area contributed by atoms with Crippen molar-refractivity contribution in [3.05, 3.63) is 11.9 Å². The van der Waals surface area contributed by atoms with Crippen molar-refractivity contribution in [2.75, 3.05) is 18.9 Å². The Morgan fingerprint density at radius 2 is 2.36 bits per heavy atom. The molecule has 76 valence electrons. The quantitative estimate of drug-likeness (QED) is 0.583. The van der Waals surface area contributed by atoms with Crippen molar-refractivity contribution in [1.29, 1.82) is 0 Å². The number of nitrogen functional groups attached to an aromatic ring is 1. The number of ether oxygens (including phenoxy) is 2. The zero-order chi connectivity index (χ0) is 10.6. The van der Waals surface area contributed by atoms with Gasteiger partial charge in [0.1, 0.15) is 5.82 Å². The number of rotatable bonds is 3. The second-order valence-electron chi connectivity index (χ2n) is 2.20. The highest BCUT2D eigenvalue weighted by atomic mass is 35.5. The van der Waals surface area contributed by atoms with Gasteiger partial charge in [0.25, 0.3) is 0 Å². The molecular weight excluding hydrogens is 210 g/mol. The lowest BCUT2D eigenvalue weighted by Gasteiger charge is -2.03. The Balaban J connectivity index is 3.00. The zero-order valence-corrected chi connectivity index (χ0v) is 8.11. The molecule has 2 N–H and O–H groups in total. The van der Waals surface area contributed by atoms with Gasteiger partial charge in [0.15, 0.2) is 6.07 Å². The highest BCUT2D eigenvalue weighted by molar-refractivity contribution is 6.17. The second-order valence-corrected chi connectivity index (χ2v) is 2.42. The van der Waals surface area contributed by atoms with Crippen molar-refractivity contribution in [2.45, 2.75) is 0 Å². The molecule has 0 saturated heterocycles. The summed E-state index contributed by atoms with van der Waals surface area (Å²) in [6, 6.07) is 1.27. The van der Waals surface area contributed by atoms with Crippen LogP contribution in [0.4, 0.5) is 5.82 Å². The molecule has 0 aliphatic heterocycles. The molecule has 0 amide bonds. The van der Waals surface area contributed by atoms with Crippen LogP contribution >= 0.6 is 11.6 Å². The number of halogens is 1. The van der Waals surface area contributed by atoms with E-state index < -0.39 is 5.97 Å². The Morgan fingerprint density at radius 1 is 1.64 bits per heavy atom. The molecule has 0 unspecified atom stereocenters. The molecule has 6 nitrogen and oxygen atoms in total. The van der Waals surface area contributed by atoms with Crippen LogP contribution in [0.2, 0.25) is 0 Å². The largest absolute Gasteiger partial charge is 0.463 e. The van der Waals surface area contributed by atoms with Gasteiger partial charge >= 0.3 is 5.97 Å². The molecular formula is C7H8ClN3O3. The van der Waals surface area contributed by atoms with Gasteiger partial charge in [0, 0.05) is 6.07 Å². The number of methoxy groups -OCH3 is 1. The molecule has 7 heteroatoms. The highest BCUT2D eigenvalue weighted by Crippen LogP contribution is 2.11. The fourth-order valence-corrected chi connectivity index (χ4v) is 0.867. The smallest absolute Gasteiger partial charge is 0.376 e. The minimum atomic E-state index is -0.684. The van der Waals surface area contributed by atoms with E-state index in [2.05, 4.69) is 14.7 Å². The normalized spacial score (nSPS) is 9.57. The van der Waals surface area contributed by atoms with E-state index in [1.54, 1.807) is 0 Å². The Bertz CT molecular complexity index is 345. The minimum Gasteiger partial charge on any atom is -0.463 e. The van der Waals surface area contributed by atoms with Gasteiger partial charge in [-0.3, -0.25) is 0 Å². The lowest BCUT2D eigenvalue weighted by atomic mass is 10.5. The first kappa shape index (κ1) is 10.5. The minimum absolute atomic E-state index is 0.0862. The monoisotopic (exact) mass is 217 g/mol. The van der Waals surface area contributed by atoms with Crippen molar-refractivity contribution in [2.24, 2.45) is 0 Å². The molecule has 1 aromatic heterocycles. The third-order valence-corrected chi connectivity index (χ3v) is 1.40. The predicted octanol–water partition coefficient (Wildman–Crippen LogP) is 0.420. The standard InChI is InChI=1S/C7H8ClN3O3/c1-13-7(12)6-10-4(9)2-5(11-6)14-3-8/h2H,3H2,1H3,(H2,9,10,11). The molecule has 0 aliphatic rings. The molecule has 0 aromatic carbocycles. The molecule has 14 heavy (non-hydrogen) atoms. The van der Waals surface area contributed by atoms with Crippen LogP contribution in [0.25, 0.3) is 0 Å². The van der Waals surface area contributed by atoms with Crippen LogP contribution in [0, 0.1) is 0 Å². The van der Waals surface area contributed by atoms with Crippen molar-refractivity contribution >= 4 is 23.4 Å². The van der Waals surface area contributed by atoms with Crippen molar-refractivity contribution in [3.8, 4) is 5.88 Å². The summed E-state index contributed by atoms with van der Waals surface area (Å²) in [5.74, 6) is -0.599. The first-order valence-electron chi connectivity index (χ1n) is 3.59. The first-order valence-corrected chi connectivity index (χ1v) is 4.12. The molecule has 1 aromatic rings. The topological polar surface area (TPSA) is 87.3 Å². The van der Waals surface area contributed by atoms with Crippen molar-refractivity contribution < 1.29 is 14.3 Å². The van der Waals surface area contributed by atoms with E-state index in [0.717, 1.165) is 0 Å². The number of carbonyl (C=O) groups excluding carboxylic acids is 1. The van der Waals surface area contributed by atoms with Crippen LogP contribution in [0.5, 0.6) is 5.88 Å². The number of carbonyl (C=O) groups is 1. The van der Waals surface area contributed by atoms with Gasteiger partial charge in [-0.2, -0.15) is 4.98 Å². The number of hydrogen-bond acceptors (Lipinski definition) is 6. The number of nitrogens with zero attached hydrogens (tertiary/aromatic N) is 2. The molecule has 1 rings (SSSR count). The van der Waals surface area contributed by atoms with Gasteiger partial charge in [-0.25, -0.2) is 9.78 Å². The van der Waals surface area contributed by atoms with Gasteiger partial charge in [-0.1, -0.05) is 11.6 Å². The number of aromatic nitrogens is 2. The summed E-state index contributed by atoms with van der Waals surface area (Å²) in [4.78, 5) is 18.4. The molecule has 0 spiro atoms. The Labute approximate surface area is 85.0 Å². The van der Waals surface area contributed by atoms with Crippen LogP contribution in [-0.2, 0) is 4.74 Å². The third-order valence-electron chi connectivity index (χ3n) is 1.29. The van der Waals surface area contributed by atoms with E-state index in [1.807, 2.05) is 0 Å². The van der Waals surface area contributed by atoms with Gasteiger partial charge in [-0.15, -0.1) is 0 Å². The SMILES string of the molecule is COC(=O)c1nc(N)cc(OCCl)n1. The summed E-state index contributed by atoms with van der Waals surface area (Å²) in [5, 5.41) is 0. The molecule has 1 heterocycles. The summed E-state index contributed by atoms with van der Waals surface area (Å²) in [7, 11) is 1.22. The van der Waals surface area contributed by atoms with Crippen molar-refractivity contribution in [1.82, 2.24) is 9.97 Å². The van der Waals surface area contributed by atoms with Crippen molar-refractivity contribution in [3.63, 3.8) is 0 Å². The van der Waals surface area contributed by atoms with Crippen LogP contribution in [-0.4, -0.2) is 29.1 Å². The Kier molecular flexibility index (Phi) is 3.47. The van der Waals surface area contributed by atoms with E-state index in [4.69, 9.17) is 22.1 Å². The maximum atomic E-state index is 11.0. The first-order chi connectivity index (χ1) is 6.67. The van der Waals surface area contributed by atoms with Gasteiger partial charge in [0.05, 0.1) is 7.11 Å². The van der Waals surface area contributed by atoms with E-state index in [1.165, 1.54) is 13.2 Å². The predicted molar refractivity (Wildman–Crippen MR) is 49.1 cm³/mol. The van der Waals surface area contributed by atoms with Gasteiger partial charge in [-0.05, 0) is 0 Å². The molecule has 0 aliphatic carbocycles. The summed E-state index contributed by atoms with van der Waals surface area (Å²) in [5.41, 5.74) is 5.40. The number of esters is 1. The van der Waals surface area contributed by atoms with Gasteiger partial charge in [0.2, 0.25) is 11.7 Å². The molecule has 0 bridgehead atoms. The number of hydrogen-bond donors (Lipinski definition) is 1. The lowest BCUT2D eigenvalue weighted by Crippen LogP contribution is -2.10. The van der Waals surface area contributed by atoms with Crippen LogP contribution in [0.15, 0.2) is 6.07 Å². The van der Waals surface area contributed by atoms with Crippen LogP contribution in [0.1, 0.15) is 10.6 Å². The summed E-state index contributed by atoms with van der Waals surface area (Å²) in [6.07, 6.45) is 0. The Morgan fingerprint density at radius 3 is 2.93 bits per heavy atom. The highest BCUT2D eigenvalue weighted by Gasteiger charge is 2.11. The van der Waals surface area contributed by atoms with E-state index in [9.17, 15) is 4.79 Å². The maximum absolute atomic E-state index is 11.0. The molecule has 0 radical (unpaired) electrons. The van der Waals surface area contributed by atoms with Gasteiger partial charge < -0.3 is 15.2 Å². The number of anilines is 1. The number of alkyl halides is 1. The molecule has 0 atom stereocenters. The summed E-state index contributed by atoms with van der Waals surface area (Å²) in [6.45, 7) is 0. The maximum Gasteiger partial charge on any atom is 0.376 e. The fraction of sp³-hybridized carbons (Fsp3) is 0.286. The van der Waals surface area contributed by atoms with Crippen LogP contribution in [0.3, 0.4) is 0 Å². The number of nitrogens with two attached hydrogens (primary N) is 1. The lowest BCUT2D eigenvalue weighted by molar-refractivity contribution is 0.0585. The summed E-state index contributed by atoms with van der Waals surface area (Å²) >= 11 is 5.31. The Hall–Kier alpha value is -1.56. The average molecular weight is 218 g/mol. The average Bonchev–Trinajstić information content (AvgIpc) is 2.16.